The quantitative estimate of drug-likeness (QED) is 0.707. The van der Waals surface area contributed by atoms with Crippen LogP contribution in [-0.4, -0.2) is 66.7 Å². The maximum atomic E-state index is 12.6. The van der Waals surface area contributed by atoms with Crippen LogP contribution in [0.15, 0.2) is 6.20 Å². The first-order valence-electron chi connectivity index (χ1n) is 10.0. The molecule has 0 unspecified atom stereocenters. The van der Waals surface area contributed by atoms with Crippen molar-refractivity contribution in [2.75, 3.05) is 40.8 Å². The maximum Gasteiger partial charge on any atom is 0.225 e. The number of hydrogen-bond donors (Lipinski definition) is 2. The van der Waals surface area contributed by atoms with Gasteiger partial charge in [-0.25, -0.2) is 0 Å². The van der Waals surface area contributed by atoms with Gasteiger partial charge in [-0.15, -0.1) is 0 Å². The van der Waals surface area contributed by atoms with Gasteiger partial charge in [0.05, 0.1) is 5.69 Å². The summed E-state index contributed by atoms with van der Waals surface area (Å²) in [5.41, 5.74) is 2.51. The number of carbonyl (C=O) groups is 1. The number of carbonyl (C=O) groups excluding carboxylic acids is 1. The summed E-state index contributed by atoms with van der Waals surface area (Å²) < 4.78 is 0. The first-order chi connectivity index (χ1) is 12.4. The predicted octanol–water partition coefficient (Wildman–Crippen LogP) is 2.45. The van der Waals surface area contributed by atoms with Gasteiger partial charge in [-0.1, -0.05) is 13.8 Å². The summed E-state index contributed by atoms with van der Waals surface area (Å²) in [6.45, 7) is 8.09. The van der Waals surface area contributed by atoms with Gasteiger partial charge in [-0.2, -0.15) is 5.10 Å². The lowest BCUT2D eigenvalue weighted by Crippen LogP contribution is -2.37. The molecule has 6 heteroatoms. The molecule has 26 heavy (non-hydrogen) atoms. The average molecular weight is 364 g/mol. The zero-order valence-corrected chi connectivity index (χ0v) is 17.2. The summed E-state index contributed by atoms with van der Waals surface area (Å²) in [6.07, 6.45) is 6.12. The van der Waals surface area contributed by atoms with E-state index < -0.39 is 0 Å². The van der Waals surface area contributed by atoms with E-state index in [1.54, 1.807) is 0 Å². The van der Waals surface area contributed by atoms with Gasteiger partial charge in [0.2, 0.25) is 5.91 Å². The second-order valence-corrected chi connectivity index (χ2v) is 8.30. The molecule has 1 aliphatic rings. The van der Waals surface area contributed by atoms with E-state index in [0.29, 0.717) is 17.7 Å². The van der Waals surface area contributed by atoms with Crippen LogP contribution in [0.5, 0.6) is 0 Å². The molecule has 2 rings (SSSR count). The van der Waals surface area contributed by atoms with Crippen molar-refractivity contribution >= 4 is 5.91 Å². The van der Waals surface area contributed by atoms with Gasteiger partial charge >= 0.3 is 0 Å². The van der Waals surface area contributed by atoms with E-state index in [1.165, 1.54) is 11.3 Å². The smallest absolute Gasteiger partial charge is 0.225 e. The van der Waals surface area contributed by atoms with Crippen molar-refractivity contribution < 1.29 is 4.79 Å². The second-order valence-electron chi connectivity index (χ2n) is 8.30. The highest BCUT2D eigenvalue weighted by atomic mass is 16.2. The third-order valence-corrected chi connectivity index (χ3v) is 5.41. The van der Waals surface area contributed by atoms with E-state index >= 15 is 0 Å². The lowest BCUT2D eigenvalue weighted by Gasteiger charge is -2.31. The lowest BCUT2D eigenvalue weighted by atomic mass is 9.79. The summed E-state index contributed by atoms with van der Waals surface area (Å²) in [4.78, 5) is 16.9. The number of nitrogens with one attached hydrogen (secondary N) is 2. The number of rotatable bonds is 9. The topological polar surface area (TPSA) is 64.3 Å². The van der Waals surface area contributed by atoms with Crippen LogP contribution < -0.4 is 5.32 Å². The zero-order chi connectivity index (χ0) is 19.1. The number of hydrogen-bond acceptors (Lipinski definition) is 4. The molecule has 1 aliphatic carbocycles. The van der Waals surface area contributed by atoms with E-state index in [4.69, 9.17) is 0 Å². The predicted molar refractivity (Wildman–Crippen MR) is 106 cm³/mol. The van der Waals surface area contributed by atoms with Crippen LogP contribution in [0.25, 0.3) is 0 Å². The third-order valence-electron chi connectivity index (χ3n) is 5.41. The first-order valence-corrected chi connectivity index (χ1v) is 10.0. The molecule has 2 N–H and O–H groups in total. The first kappa shape index (κ1) is 20.9. The highest BCUT2D eigenvalue weighted by Crippen LogP contribution is 2.37. The molecule has 0 spiro atoms. The van der Waals surface area contributed by atoms with Crippen molar-refractivity contribution in [3.8, 4) is 0 Å². The molecule has 0 aromatic carbocycles. The van der Waals surface area contributed by atoms with Gasteiger partial charge < -0.3 is 15.1 Å². The molecule has 6 nitrogen and oxygen atoms in total. The van der Waals surface area contributed by atoms with Crippen LogP contribution in [0.3, 0.4) is 0 Å². The molecule has 1 aromatic heterocycles. The molecule has 1 amide bonds. The molecule has 0 bridgehead atoms. The number of likely N-dealkylation sites (N-methyl/N-ethyl adjacent to an activating group) is 2. The van der Waals surface area contributed by atoms with E-state index in [2.05, 4.69) is 41.3 Å². The van der Waals surface area contributed by atoms with Crippen molar-refractivity contribution in [1.29, 1.82) is 0 Å². The van der Waals surface area contributed by atoms with Gasteiger partial charge in [-0.3, -0.25) is 9.89 Å². The molecular weight excluding hydrogens is 326 g/mol. The van der Waals surface area contributed by atoms with Gasteiger partial charge in [0.15, 0.2) is 0 Å². The summed E-state index contributed by atoms with van der Waals surface area (Å²) in [5.74, 6) is 1.52. The number of aromatic amines is 1. The number of amides is 1. The monoisotopic (exact) mass is 363 g/mol. The van der Waals surface area contributed by atoms with Crippen LogP contribution in [0.4, 0.5) is 0 Å². The maximum absolute atomic E-state index is 12.6. The number of nitrogens with zero attached hydrogens (tertiary/aromatic N) is 3. The fourth-order valence-electron chi connectivity index (χ4n) is 4.04. The molecule has 148 valence electrons. The van der Waals surface area contributed by atoms with Crippen molar-refractivity contribution in [1.82, 2.24) is 25.3 Å². The summed E-state index contributed by atoms with van der Waals surface area (Å²) in [5, 5.41) is 10.8. The molecule has 0 saturated heterocycles. The Kier molecular flexibility index (Phi) is 8.10. The van der Waals surface area contributed by atoms with Gasteiger partial charge in [-0.05, 0) is 45.7 Å². The average Bonchev–Trinajstić information content (AvgIpc) is 3.06. The van der Waals surface area contributed by atoms with Crippen LogP contribution in [0.1, 0.15) is 56.7 Å². The summed E-state index contributed by atoms with van der Waals surface area (Å²) in [6, 6.07) is 0. The van der Waals surface area contributed by atoms with Crippen LogP contribution in [0, 0.1) is 11.8 Å². The SMILES string of the molecule is CNCCN(C)Cc1c[nH]nc1[C@H]1CC[C@@H](C(=O)N(C)CC(C)C)CC1. The Hall–Kier alpha value is -1.40. The Labute approximate surface area is 158 Å². The Morgan fingerprint density at radius 3 is 2.62 bits per heavy atom. The fourth-order valence-corrected chi connectivity index (χ4v) is 4.04. The Morgan fingerprint density at radius 1 is 1.31 bits per heavy atom. The Balaban J connectivity index is 1.88. The highest BCUT2D eigenvalue weighted by molar-refractivity contribution is 5.78. The molecule has 0 radical (unpaired) electrons. The lowest BCUT2D eigenvalue weighted by molar-refractivity contribution is -0.135. The van der Waals surface area contributed by atoms with Crippen molar-refractivity contribution in [3.63, 3.8) is 0 Å². The number of H-pyrrole nitrogens is 1. The van der Waals surface area contributed by atoms with E-state index in [-0.39, 0.29) is 5.92 Å². The zero-order valence-electron chi connectivity index (χ0n) is 17.2. The van der Waals surface area contributed by atoms with Gasteiger partial charge in [0.25, 0.3) is 0 Å². The van der Waals surface area contributed by atoms with Crippen LogP contribution in [0.2, 0.25) is 0 Å². The molecule has 1 fully saturated rings. The Bertz CT molecular complexity index is 548. The van der Waals surface area contributed by atoms with Crippen molar-refractivity contribution in [2.24, 2.45) is 11.8 Å². The third kappa shape index (κ3) is 5.81. The highest BCUT2D eigenvalue weighted by Gasteiger charge is 2.31. The van der Waals surface area contributed by atoms with Crippen molar-refractivity contribution in [3.05, 3.63) is 17.5 Å². The van der Waals surface area contributed by atoms with Gasteiger partial charge in [0, 0.05) is 56.8 Å². The molecular formula is C20H37N5O. The molecule has 1 saturated carbocycles. The van der Waals surface area contributed by atoms with Crippen LogP contribution in [-0.2, 0) is 11.3 Å². The standard InChI is InChI=1S/C20H37N5O/c1-15(2)13-25(5)20(26)17-8-6-16(7-9-17)19-18(12-22-23-19)14-24(4)11-10-21-3/h12,15-17,21H,6-11,13-14H2,1-5H3,(H,22,23)/t16-,17+. The minimum atomic E-state index is 0.190. The van der Waals surface area contributed by atoms with Gasteiger partial charge in [0.1, 0.15) is 0 Å². The minimum Gasteiger partial charge on any atom is -0.345 e. The largest absolute Gasteiger partial charge is 0.345 e. The van der Waals surface area contributed by atoms with Crippen LogP contribution >= 0.6 is 0 Å². The summed E-state index contributed by atoms with van der Waals surface area (Å²) >= 11 is 0. The van der Waals surface area contributed by atoms with E-state index in [1.807, 2.05) is 25.2 Å². The fraction of sp³-hybridized carbons (Fsp3) is 0.800. The second kappa shape index (κ2) is 10.1. The number of aromatic nitrogens is 2. The summed E-state index contributed by atoms with van der Waals surface area (Å²) in [7, 11) is 6.07. The van der Waals surface area contributed by atoms with Crippen molar-refractivity contribution in [2.45, 2.75) is 52.0 Å². The minimum absolute atomic E-state index is 0.190. The van der Waals surface area contributed by atoms with E-state index in [0.717, 1.165) is 51.9 Å². The molecule has 1 aromatic rings. The Morgan fingerprint density at radius 2 is 2.00 bits per heavy atom. The van der Waals surface area contributed by atoms with E-state index in [9.17, 15) is 4.79 Å². The molecule has 1 heterocycles. The normalized spacial score (nSPS) is 20.7. The molecule has 0 atom stereocenters. The molecule has 0 aliphatic heterocycles.